The van der Waals surface area contributed by atoms with Crippen LogP contribution in [-0.4, -0.2) is 44.4 Å². The molecule has 0 unspecified atom stereocenters. The van der Waals surface area contributed by atoms with Gasteiger partial charge in [0.05, 0.1) is 10.6 Å². The highest BCUT2D eigenvalue weighted by Gasteiger charge is 2.17. The molecule has 2 aromatic rings. The largest absolute Gasteiger partial charge is 0.361 e. The molecule has 23 heavy (non-hydrogen) atoms. The monoisotopic (exact) mass is 337 g/mol. The van der Waals surface area contributed by atoms with Gasteiger partial charge in [-0.15, -0.1) is 0 Å². The van der Waals surface area contributed by atoms with Crippen LogP contribution < -0.4 is 5.32 Å². The van der Waals surface area contributed by atoms with Crippen molar-refractivity contribution in [3.8, 4) is 0 Å². The van der Waals surface area contributed by atoms with Crippen LogP contribution in [0.15, 0.2) is 39.8 Å². The summed E-state index contributed by atoms with van der Waals surface area (Å²) in [7, 11) is -0.569. The molecule has 0 atom stereocenters. The van der Waals surface area contributed by atoms with Crippen LogP contribution in [0.5, 0.6) is 0 Å². The minimum Gasteiger partial charge on any atom is -0.361 e. The van der Waals surface area contributed by atoms with Crippen LogP contribution in [0.4, 0.5) is 0 Å². The number of nitrogens with one attached hydrogen (secondary N) is 1. The summed E-state index contributed by atoms with van der Waals surface area (Å²) in [5.41, 5.74) is 1.19. The second kappa shape index (κ2) is 6.93. The lowest BCUT2D eigenvalue weighted by Gasteiger charge is -2.11. The highest BCUT2D eigenvalue weighted by Crippen LogP contribution is 2.14. The Balaban J connectivity index is 1.95. The molecule has 1 aromatic heterocycles. The Labute approximate surface area is 135 Å². The topological polar surface area (TPSA) is 92.5 Å². The molecule has 1 aromatic carbocycles. The van der Waals surface area contributed by atoms with Crippen molar-refractivity contribution in [3.05, 3.63) is 47.3 Å². The van der Waals surface area contributed by atoms with Crippen molar-refractivity contribution in [2.45, 2.75) is 18.2 Å². The number of aryl methyl sites for hydroxylation is 1. The second-order valence-corrected chi connectivity index (χ2v) is 7.40. The molecular formula is C15H19N3O4S. The molecule has 0 spiro atoms. The third-order valence-corrected chi connectivity index (χ3v) is 5.06. The Morgan fingerprint density at radius 2 is 1.91 bits per heavy atom. The number of hydrogen-bond acceptors (Lipinski definition) is 5. The smallest absolute Gasteiger partial charge is 0.251 e. The van der Waals surface area contributed by atoms with Crippen molar-refractivity contribution in [1.29, 1.82) is 0 Å². The quantitative estimate of drug-likeness (QED) is 0.855. The van der Waals surface area contributed by atoms with E-state index in [4.69, 9.17) is 4.52 Å². The molecule has 0 fully saturated rings. The van der Waals surface area contributed by atoms with Gasteiger partial charge < -0.3 is 9.84 Å². The predicted octanol–water partition coefficient (Wildman–Crippen LogP) is 1.21. The van der Waals surface area contributed by atoms with Crippen molar-refractivity contribution in [1.82, 2.24) is 14.8 Å². The number of carbonyl (C=O) groups excluding carboxylic acids is 1. The van der Waals surface area contributed by atoms with Crippen LogP contribution >= 0.6 is 0 Å². The maximum absolute atomic E-state index is 12.0. The van der Waals surface area contributed by atoms with Crippen LogP contribution in [0.2, 0.25) is 0 Å². The van der Waals surface area contributed by atoms with Crippen molar-refractivity contribution >= 4 is 15.9 Å². The first kappa shape index (κ1) is 17.2. The summed E-state index contributed by atoms with van der Waals surface area (Å²) in [6, 6.07) is 7.63. The van der Waals surface area contributed by atoms with E-state index in [1.165, 1.54) is 38.4 Å². The zero-order valence-corrected chi connectivity index (χ0v) is 14.1. The molecule has 1 heterocycles. The van der Waals surface area contributed by atoms with E-state index in [0.29, 0.717) is 24.3 Å². The van der Waals surface area contributed by atoms with Crippen molar-refractivity contribution in [2.24, 2.45) is 0 Å². The molecule has 0 aliphatic heterocycles. The Morgan fingerprint density at radius 3 is 2.43 bits per heavy atom. The van der Waals surface area contributed by atoms with E-state index in [0.717, 1.165) is 10.00 Å². The van der Waals surface area contributed by atoms with E-state index >= 15 is 0 Å². The molecule has 0 aliphatic rings. The van der Waals surface area contributed by atoms with Crippen LogP contribution in [0, 0.1) is 6.92 Å². The number of nitrogens with zero attached hydrogens (tertiary/aromatic N) is 2. The summed E-state index contributed by atoms with van der Waals surface area (Å²) in [5, 5.41) is 6.52. The maximum atomic E-state index is 12.0. The van der Waals surface area contributed by atoms with Gasteiger partial charge in [0.2, 0.25) is 10.0 Å². The molecule has 124 valence electrons. The Morgan fingerprint density at radius 1 is 1.26 bits per heavy atom. The number of amides is 1. The van der Waals surface area contributed by atoms with E-state index in [1.54, 1.807) is 0 Å². The number of carbonyl (C=O) groups is 1. The fourth-order valence-electron chi connectivity index (χ4n) is 1.92. The first-order chi connectivity index (χ1) is 10.8. The Hall–Kier alpha value is -2.19. The summed E-state index contributed by atoms with van der Waals surface area (Å²) in [6.07, 6.45) is 0.541. The molecule has 1 N–H and O–H groups in total. The second-order valence-electron chi connectivity index (χ2n) is 5.25. The predicted molar refractivity (Wildman–Crippen MR) is 84.6 cm³/mol. The number of aromatic nitrogens is 1. The molecule has 1 amide bonds. The summed E-state index contributed by atoms with van der Waals surface area (Å²) in [6.45, 7) is 2.24. The van der Waals surface area contributed by atoms with E-state index in [2.05, 4.69) is 10.5 Å². The number of benzene rings is 1. The van der Waals surface area contributed by atoms with Gasteiger partial charge in [-0.25, -0.2) is 12.7 Å². The zero-order valence-electron chi connectivity index (χ0n) is 13.2. The summed E-state index contributed by atoms with van der Waals surface area (Å²) < 4.78 is 30.1. The average Bonchev–Trinajstić information content (AvgIpc) is 2.92. The Kier molecular flexibility index (Phi) is 5.17. The third-order valence-electron chi connectivity index (χ3n) is 3.23. The van der Waals surface area contributed by atoms with Crippen LogP contribution in [0.25, 0.3) is 0 Å². The van der Waals surface area contributed by atoms with Crippen LogP contribution in [0.3, 0.4) is 0 Å². The lowest BCUT2D eigenvalue weighted by Crippen LogP contribution is -2.26. The first-order valence-electron chi connectivity index (χ1n) is 7.03. The fraction of sp³-hybridized carbons (Fsp3) is 0.333. The third kappa shape index (κ3) is 4.17. The van der Waals surface area contributed by atoms with Gasteiger partial charge in [-0.3, -0.25) is 4.79 Å². The molecule has 0 bridgehead atoms. The van der Waals surface area contributed by atoms with Gasteiger partial charge in [-0.1, -0.05) is 5.16 Å². The molecule has 0 aliphatic carbocycles. The highest BCUT2D eigenvalue weighted by molar-refractivity contribution is 7.89. The van der Waals surface area contributed by atoms with Crippen molar-refractivity contribution in [3.63, 3.8) is 0 Å². The van der Waals surface area contributed by atoms with Gasteiger partial charge in [-0.2, -0.15) is 0 Å². The lowest BCUT2D eigenvalue weighted by molar-refractivity contribution is 0.0953. The van der Waals surface area contributed by atoms with Crippen molar-refractivity contribution < 1.29 is 17.7 Å². The SMILES string of the molecule is Cc1cc(CCNC(=O)c2ccc(S(=O)(=O)N(C)C)cc2)on1. The highest BCUT2D eigenvalue weighted by atomic mass is 32.2. The van der Waals surface area contributed by atoms with E-state index in [-0.39, 0.29) is 10.8 Å². The molecule has 2 rings (SSSR count). The molecule has 0 saturated carbocycles. The maximum Gasteiger partial charge on any atom is 0.251 e. The first-order valence-corrected chi connectivity index (χ1v) is 8.47. The van der Waals surface area contributed by atoms with E-state index in [9.17, 15) is 13.2 Å². The lowest BCUT2D eigenvalue weighted by atomic mass is 10.2. The van der Waals surface area contributed by atoms with Crippen LogP contribution in [-0.2, 0) is 16.4 Å². The molecule has 8 heteroatoms. The fourth-order valence-corrected chi connectivity index (χ4v) is 2.83. The van der Waals surface area contributed by atoms with E-state index < -0.39 is 10.0 Å². The zero-order chi connectivity index (χ0) is 17.0. The normalized spacial score (nSPS) is 11.7. The summed E-state index contributed by atoms with van der Waals surface area (Å²) >= 11 is 0. The average molecular weight is 337 g/mol. The number of sulfonamides is 1. The molecule has 7 nitrogen and oxygen atoms in total. The number of rotatable bonds is 6. The standard InChI is InChI=1S/C15H19N3O4S/c1-11-10-13(22-17-11)8-9-16-15(19)12-4-6-14(7-5-12)23(20,21)18(2)3/h4-7,10H,8-9H2,1-3H3,(H,16,19). The van der Waals surface area contributed by atoms with Gasteiger partial charge in [0, 0.05) is 38.7 Å². The van der Waals surface area contributed by atoms with Gasteiger partial charge >= 0.3 is 0 Å². The van der Waals surface area contributed by atoms with Gasteiger partial charge in [0.1, 0.15) is 5.76 Å². The van der Waals surface area contributed by atoms with Crippen LogP contribution in [0.1, 0.15) is 21.8 Å². The number of hydrogen-bond donors (Lipinski definition) is 1. The molecule has 0 saturated heterocycles. The molecular weight excluding hydrogens is 318 g/mol. The minimum absolute atomic E-state index is 0.149. The van der Waals surface area contributed by atoms with Gasteiger partial charge in [-0.05, 0) is 31.2 Å². The van der Waals surface area contributed by atoms with Crippen molar-refractivity contribution in [2.75, 3.05) is 20.6 Å². The van der Waals surface area contributed by atoms with Gasteiger partial charge in [0.25, 0.3) is 5.91 Å². The van der Waals surface area contributed by atoms with Gasteiger partial charge in [0.15, 0.2) is 0 Å². The van der Waals surface area contributed by atoms with E-state index in [1.807, 2.05) is 13.0 Å². The summed E-state index contributed by atoms with van der Waals surface area (Å²) in [5.74, 6) is 0.435. The Bertz CT molecular complexity index is 779. The minimum atomic E-state index is -3.49. The molecule has 0 radical (unpaired) electrons. The summed E-state index contributed by atoms with van der Waals surface area (Å²) in [4.78, 5) is 12.2.